The Morgan fingerprint density at radius 2 is 1.22 bits per heavy atom. The minimum Gasteiger partial charge on any atom is -0.480 e. The summed E-state index contributed by atoms with van der Waals surface area (Å²) in [6, 6.07) is -2.03. The first-order valence-electron chi connectivity index (χ1n) is 16.9. The van der Waals surface area contributed by atoms with Crippen LogP contribution in [-0.2, 0) is 50.2 Å². The average molecular weight is 707 g/mol. The van der Waals surface area contributed by atoms with Crippen LogP contribution in [0.5, 0.6) is 0 Å². The zero-order chi connectivity index (χ0) is 36.7. The van der Waals surface area contributed by atoms with Gasteiger partial charge in [-0.2, -0.15) is 0 Å². The van der Waals surface area contributed by atoms with Gasteiger partial charge in [0, 0.05) is 37.8 Å². The molecule has 0 aliphatic heterocycles. The molecule has 0 fully saturated rings. The highest BCUT2D eigenvalue weighted by Crippen LogP contribution is 2.14. The second-order valence-corrected chi connectivity index (χ2v) is 12.0. The molecule has 0 saturated heterocycles. The lowest BCUT2D eigenvalue weighted by Crippen LogP contribution is -2.47. The molecule has 0 aliphatic rings. The van der Waals surface area contributed by atoms with Gasteiger partial charge in [-0.3, -0.25) is 24.1 Å². The van der Waals surface area contributed by atoms with Crippen molar-refractivity contribution in [3.8, 4) is 0 Å². The number of carbonyl (C=O) groups is 6. The van der Waals surface area contributed by atoms with Gasteiger partial charge in [0.15, 0.2) is 0 Å². The molecule has 50 heavy (non-hydrogen) atoms. The van der Waals surface area contributed by atoms with Crippen molar-refractivity contribution < 1.29 is 49.2 Å². The van der Waals surface area contributed by atoms with Crippen LogP contribution in [0, 0.1) is 0 Å². The monoisotopic (exact) mass is 706 g/mol. The van der Waals surface area contributed by atoms with E-state index in [0.717, 1.165) is 51.4 Å². The van der Waals surface area contributed by atoms with Gasteiger partial charge in [0.25, 0.3) is 0 Å². The van der Waals surface area contributed by atoms with Crippen molar-refractivity contribution in [2.45, 2.75) is 109 Å². The second kappa shape index (κ2) is 23.4. The number of hydrogen-bond acceptors (Lipinski definition) is 9. The molecule has 0 bridgehead atoms. The van der Waals surface area contributed by atoms with Gasteiger partial charge in [0.1, 0.15) is 37.3 Å². The maximum Gasteiger partial charge on any atom is 0.326 e. The topological polar surface area (TPSA) is 258 Å². The van der Waals surface area contributed by atoms with Crippen LogP contribution in [0.4, 0.5) is 4.79 Å². The number of amides is 3. The van der Waals surface area contributed by atoms with Crippen molar-refractivity contribution in [2.24, 2.45) is 0 Å². The summed E-state index contributed by atoms with van der Waals surface area (Å²) in [5, 5.41) is 43.4. The van der Waals surface area contributed by atoms with Crippen molar-refractivity contribution in [2.75, 3.05) is 19.6 Å². The van der Waals surface area contributed by atoms with Gasteiger partial charge < -0.3 is 45.5 Å². The molecule has 1 unspecified atom stereocenters. The van der Waals surface area contributed by atoms with E-state index in [1.807, 2.05) is 0 Å². The summed E-state index contributed by atoms with van der Waals surface area (Å²) in [7, 11) is 0. The normalized spacial score (nSPS) is 11.6. The van der Waals surface area contributed by atoms with E-state index in [-0.39, 0.29) is 25.4 Å². The smallest absolute Gasteiger partial charge is 0.326 e. The largest absolute Gasteiger partial charge is 0.480 e. The van der Waals surface area contributed by atoms with Crippen LogP contribution in [0.3, 0.4) is 0 Å². The van der Waals surface area contributed by atoms with E-state index in [2.05, 4.69) is 30.8 Å². The fraction of sp³-hybridized carbons (Fsp3) is 0.625. The van der Waals surface area contributed by atoms with Crippen LogP contribution in [0.2, 0.25) is 0 Å². The Bertz CT molecular complexity index is 1320. The van der Waals surface area contributed by atoms with Crippen molar-refractivity contribution in [3.63, 3.8) is 0 Å². The summed E-state index contributed by atoms with van der Waals surface area (Å²) >= 11 is 0. The quantitative estimate of drug-likeness (QED) is 0.0625. The van der Waals surface area contributed by atoms with Gasteiger partial charge in [-0.15, -0.1) is 0 Å². The number of carboxylic acids is 4. The molecule has 0 aromatic carbocycles. The van der Waals surface area contributed by atoms with Gasteiger partial charge in [-0.05, 0) is 38.6 Å². The highest BCUT2D eigenvalue weighted by Gasteiger charge is 2.20. The maximum atomic E-state index is 12.1. The van der Waals surface area contributed by atoms with Gasteiger partial charge in [0.05, 0.1) is 13.1 Å². The van der Waals surface area contributed by atoms with Gasteiger partial charge in [-0.25, -0.2) is 19.6 Å². The van der Waals surface area contributed by atoms with Crippen molar-refractivity contribution in [1.82, 2.24) is 40.0 Å². The molecule has 2 rings (SSSR count). The first-order valence-corrected chi connectivity index (χ1v) is 16.9. The number of unbranched alkanes of at least 4 members (excludes halogenated alkanes) is 8. The molecular weight excluding hydrogens is 656 g/mol. The molecule has 278 valence electrons. The van der Waals surface area contributed by atoms with Gasteiger partial charge >= 0.3 is 29.9 Å². The predicted molar refractivity (Wildman–Crippen MR) is 178 cm³/mol. The van der Waals surface area contributed by atoms with E-state index in [0.29, 0.717) is 57.1 Å². The van der Waals surface area contributed by atoms with Crippen LogP contribution in [0.1, 0.15) is 88.7 Å². The molecule has 18 nitrogen and oxygen atoms in total. The molecule has 18 heteroatoms. The fourth-order valence-corrected chi connectivity index (χ4v) is 5.27. The zero-order valence-electron chi connectivity index (χ0n) is 28.3. The first-order chi connectivity index (χ1) is 23.9. The number of aliphatic carboxylic acids is 4. The Morgan fingerprint density at radius 3 is 1.74 bits per heavy atom. The lowest BCUT2D eigenvalue weighted by Gasteiger charge is -2.22. The molecule has 2 aromatic rings. The number of imidazole rings is 2. The number of urea groups is 1. The number of rotatable bonds is 28. The summed E-state index contributed by atoms with van der Waals surface area (Å²) < 4.78 is 3.17. The Kier molecular flexibility index (Phi) is 19.2. The van der Waals surface area contributed by atoms with Crippen molar-refractivity contribution >= 4 is 35.8 Å². The number of nitrogens with zero attached hydrogens (tertiary/aromatic N) is 5. The molecule has 0 aliphatic carbocycles. The minimum atomic E-state index is -1.24. The molecule has 0 spiro atoms. The number of carboxylic acid groups (broad SMARTS) is 4. The molecule has 7 N–H and O–H groups in total. The highest BCUT2D eigenvalue weighted by molar-refractivity contribution is 5.84. The van der Waals surface area contributed by atoms with Crippen LogP contribution in [0.15, 0.2) is 24.8 Å². The van der Waals surface area contributed by atoms with Gasteiger partial charge in [0.2, 0.25) is 5.91 Å². The van der Waals surface area contributed by atoms with Crippen LogP contribution >= 0.6 is 0 Å². The van der Waals surface area contributed by atoms with Crippen LogP contribution < -0.4 is 16.0 Å². The Hall–Kier alpha value is -5.00. The minimum absolute atomic E-state index is 0.0635. The van der Waals surface area contributed by atoms with E-state index in [4.69, 9.17) is 5.11 Å². The molecule has 0 saturated carbocycles. The summed E-state index contributed by atoms with van der Waals surface area (Å²) in [4.78, 5) is 78.8. The molecule has 1 atom stereocenters. The molecule has 2 aromatic heterocycles. The predicted octanol–water partition coefficient (Wildman–Crippen LogP) is 1.89. The Morgan fingerprint density at radius 1 is 0.680 bits per heavy atom. The third kappa shape index (κ3) is 18.0. The summed E-state index contributed by atoms with van der Waals surface area (Å²) in [5.41, 5.74) is 0. The summed E-state index contributed by atoms with van der Waals surface area (Å²) in [6.07, 6.45) is 15.7. The van der Waals surface area contributed by atoms with Crippen LogP contribution in [-0.4, -0.2) is 106 Å². The SMILES string of the molecule is O=C(O)CNC(=O)NC(CCCCNC(=O)CCCCCCCCCCN(Cc1nccn1CC(=O)O)Cc1nccn1CC(=O)O)C(=O)O. The highest BCUT2D eigenvalue weighted by atomic mass is 16.4. The van der Waals surface area contributed by atoms with E-state index in [1.165, 1.54) is 0 Å². The van der Waals surface area contributed by atoms with Crippen molar-refractivity contribution in [3.05, 3.63) is 36.4 Å². The fourth-order valence-electron chi connectivity index (χ4n) is 5.27. The number of carbonyl (C=O) groups excluding carboxylic acids is 2. The third-order valence-electron chi connectivity index (χ3n) is 7.82. The zero-order valence-corrected chi connectivity index (χ0v) is 28.3. The lowest BCUT2D eigenvalue weighted by molar-refractivity contribution is -0.140. The standard InChI is InChI=1S/C32H50N8O10/c41-27(35-13-9-8-11-24(31(48)49)37-32(50)36-19-28(42)43)12-7-5-3-1-2-4-6-10-16-38(20-25-33-14-17-39(25)22-29(44)45)21-26-34-15-18-40(26)23-30(46)47/h14-15,17-18,24H,1-13,16,19-23H2,(H,35,41)(H,42,43)(H,44,45)(H,46,47)(H,48,49)(H2,36,37,50). The van der Waals surface area contributed by atoms with E-state index >= 15 is 0 Å². The molecular formula is C32H50N8O10. The second-order valence-electron chi connectivity index (χ2n) is 12.0. The Labute approximate surface area is 290 Å². The molecule has 0 radical (unpaired) electrons. The molecule has 3 amide bonds. The Balaban J connectivity index is 1.59. The van der Waals surface area contributed by atoms with Crippen LogP contribution in [0.25, 0.3) is 0 Å². The third-order valence-corrected chi connectivity index (χ3v) is 7.82. The van der Waals surface area contributed by atoms with E-state index in [1.54, 1.807) is 33.9 Å². The number of hydrogen-bond donors (Lipinski definition) is 7. The average Bonchev–Trinajstić information content (AvgIpc) is 3.67. The first kappa shape index (κ1) is 41.2. The van der Waals surface area contributed by atoms with E-state index in [9.17, 15) is 44.1 Å². The van der Waals surface area contributed by atoms with Crippen molar-refractivity contribution in [1.29, 1.82) is 0 Å². The maximum absolute atomic E-state index is 12.1. The molecule has 2 heterocycles. The van der Waals surface area contributed by atoms with E-state index < -0.39 is 42.5 Å². The number of aromatic nitrogens is 4. The number of nitrogens with one attached hydrogen (secondary N) is 3. The summed E-state index contributed by atoms with van der Waals surface area (Å²) in [6.45, 7) is 0.889. The lowest BCUT2D eigenvalue weighted by atomic mass is 10.1. The van der Waals surface area contributed by atoms with Gasteiger partial charge in [-0.1, -0.05) is 38.5 Å². The summed E-state index contributed by atoms with van der Waals surface area (Å²) in [5.74, 6) is -3.24.